The minimum atomic E-state index is -0.473. The molecule has 6 heteroatoms. The van der Waals surface area contributed by atoms with Gasteiger partial charge >= 0.3 is 0 Å². The summed E-state index contributed by atoms with van der Waals surface area (Å²) in [7, 11) is 0. The summed E-state index contributed by atoms with van der Waals surface area (Å²) in [6.45, 7) is 5.20. The highest BCUT2D eigenvalue weighted by atomic mass is 19.1. The highest BCUT2D eigenvalue weighted by molar-refractivity contribution is 5.91. The second-order valence-electron chi connectivity index (χ2n) is 5.25. The molecule has 0 spiro atoms. The van der Waals surface area contributed by atoms with Gasteiger partial charge in [0, 0.05) is 17.7 Å². The molecule has 2 N–H and O–H groups in total. The van der Waals surface area contributed by atoms with Crippen LogP contribution in [0.25, 0.3) is 0 Å². The van der Waals surface area contributed by atoms with E-state index in [9.17, 15) is 14.0 Å². The van der Waals surface area contributed by atoms with Crippen molar-refractivity contribution in [1.29, 1.82) is 0 Å². The Hall–Kier alpha value is -2.50. The molecule has 1 heterocycles. The van der Waals surface area contributed by atoms with Gasteiger partial charge in [-0.1, -0.05) is 6.07 Å². The molecule has 1 aromatic heterocycles. The maximum atomic E-state index is 13.7. The highest BCUT2D eigenvalue weighted by Gasteiger charge is 2.11. The number of anilines is 1. The van der Waals surface area contributed by atoms with Crippen LogP contribution in [0.5, 0.6) is 0 Å². The molecule has 2 aromatic rings. The number of hydrogen-bond donors (Lipinski definition) is 2. The molecule has 0 aliphatic carbocycles. The Balaban J connectivity index is 2.03. The van der Waals surface area contributed by atoms with Crippen molar-refractivity contribution in [1.82, 2.24) is 9.97 Å². The Morgan fingerprint density at radius 3 is 2.68 bits per heavy atom. The van der Waals surface area contributed by atoms with Gasteiger partial charge in [0.25, 0.3) is 5.56 Å². The number of aryl methyl sites for hydroxylation is 3. The van der Waals surface area contributed by atoms with E-state index in [1.807, 2.05) is 0 Å². The lowest BCUT2D eigenvalue weighted by molar-refractivity contribution is -0.116. The van der Waals surface area contributed by atoms with Crippen molar-refractivity contribution in [2.75, 3.05) is 5.32 Å². The molecule has 2 rings (SSSR count). The minimum absolute atomic E-state index is 0.0853. The van der Waals surface area contributed by atoms with Crippen molar-refractivity contribution < 1.29 is 9.18 Å². The number of amides is 1. The summed E-state index contributed by atoms with van der Waals surface area (Å²) in [4.78, 5) is 30.5. The fraction of sp³-hybridized carbons (Fsp3) is 0.312. The molecule has 0 radical (unpaired) electrons. The number of halogens is 1. The molecule has 0 aliphatic rings. The summed E-state index contributed by atoms with van der Waals surface area (Å²) in [6.07, 6.45) is 0.343. The fourth-order valence-corrected chi connectivity index (χ4v) is 2.22. The van der Waals surface area contributed by atoms with Crippen LogP contribution in [0.4, 0.5) is 10.1 Å². The minimum Gasteiger partial charge on any atom is -0.324 e. The lowest BCUT2D eigenvalue weighted by atomic mass is 10.1. The first kappa shape index (κ1) is 15.9. The summed E-state index contributed by atoms with van der Waals surface area (Å²) >= 11 is 0. The number of nitrogens with zero attached hydrogens (tertiary/aromatic N) is 1. The van der Waals surface area contributed by atoms with Gasteiger partial charge in [0.2, 0.25) is 5.91 Å². The molecule has 0 saturated carbocycles. The van der Waals surface area contributed by atoms with Gasteiger partial charge in [-0.15, -0.1) is 0 Å². The number of carbonyl (C=O) groups is 1. The normalized spacial score (nSPS) is 10.5. The third-order valence-corrected chi connectivity index (χ3v) is 3.34. The van der Waals surface area contributed by atoms with Crippen LogP contribution < -0.4 is 10.9 Å². The molecule has 0 unspecified atom stereocenters. The lowest BCUT2D eigenvalue weighted by Gasteiger charge is -2.08. The quantitative estimate of drug-likeness (QED) is 0.910. The van der Waals surface area contributed by atoms with Gasteiger partial charge in [-0.3, -0.25) is 9.59 Å². The average Bonchev–Trinajstić information content (AvgIpc) is 2.40. The summed E-state index contributed by atoms with van der Waals surface area (Å²) in [5, 5.41) is 2.51. The number of aromatic amines is 1. The van der Waals surface area contributed by atoms with Crippen molar-refractivity contribution in [3.8, 4) is 0 Å². The maximum absolute atomic E-state index is 13.7. The van der Waals surface area contributed by atoms with Crippen LogP contribution in [0, 0.1) is 26.6 Å². The third kappa shape index (κ3) is 3.78. The maximum Gasteiger partial charge on any atom is 0.254 e. The Labute approximate surface area is 127 Å². The standard InChI is InChI=1S/C16H18FN3O2/c1-9-4-6-14(13(17)8-9)20-15(21)7-5-12-10(2)18-11(3)19-16(12)22/h4,6,8H,5,7H2,1-3H3,(H,20,21)(H,18,19,22). The van der Waals surface area contributed by atoms with E-state index < -0.39 is 5.82 Å². The molecule has 1 amide bonds. The zero-order chi connectivity index (χ0) is 16.3. The van der Waals surface area contributed by atoms with Crippen molar-refractivity contribution in [3.63, 3.8) is 0 Å². The van der Waals surface area contributed by atoms with E-state index in [0.29, 0.717) is 17.1 Å². The van der Waals surface area contributed by atoms with Gasteiger partial charge in [0.05, 0.1) is 5.69 Å². The van der Waals surface area contributed by atoms with E-state index in [2.05, 4.69) is 15.3 Å². The first-order valence-electron chi connectivity index (χ1n) is 6.99. The monoisotopic (exact) mass is 303 g/mol. The van der Waals surface area contributed by atoms with Gasteiger partial charge < -0.3 is 10.3 Å². The first-order valence-corrected chi connectivity index (χ1v) is 6.99. The van der Waals surface area contributed by atoms with Crippen LogP contribution in [0.15, 0.2) is 23.0 Å². The van der Waals surface area contributed by atoms with Crippen LogP contribution in [-0.4, -0.2) is 15.9 Å². The van der Waals surface area contributed by atoms with E-state index in [1.54, 1.807) is 26.8 Å². The first-order chi connectivity index (χ1) is 10.4. The van der Waals surface area contributed by atoms with E-state index in [-0.39, 0.29) is 30.0 Å². The Bertz CT molecular complexity index is 768. The van der Waals surface area contributed by atoms with Crippen LogP contribution in [0.2, 0.25) is 0 Å². The summed E-state index contributed by atoms with van der Waals surface area (Å²) in [5.74, 6) is -0.279. The van der Waals surface area contributed by atoms with E-state index >= 15 is 0 Å². The molecule has 0 saturated heterocycles. The number of carbonyl (C=O) groups excluding carboxylic acids is 1. The largest absolute Gasteiger partial charge is 0.324 e. The van der Waals surface area contributed by atoms with E-state index in [1.165, 1.54) is 12.1 Å². The van der Waals surface area contributed by atoms with Crippen LogP contribution in [0.1, 0.15) is 29.1 Å². The number of nitrogens with one attached hydrogen (secondary N) is 2. The van der Waals surface area contributed by atoms with Crippen molar-refractivity contribution >= 4 is 11.6 Å². The molecular formula is C16H18FN3O2. The van der Waals surface area contributed by atoms with Gasteiger partial charge in [-0.2, -0.15) is 0 Å². The predicted octanol–water partition coefficient (Wildman–Crippen LogP) is 2.41. The second-order valence-corrected chi connectivity index (χ2v) is 5.25. The molecule has 5 nitrogen and oxygen atoms in total. The Kier molecular flexibility index (Phi) is 4.70. The molecule has 1 aromatic carbocycles. The van der Waals surface area contributed by atoms with Crippen LogP contribution in [-0.2, 0) is 11.2 Å². The van der Waals surface area contributed by atoms with Crippen LogP contribution >= 0.6 is 0 Å². The number of H-pyrrole nitrogens is 1. The summed E-state index contributed by atoms with van der Waals surface area (Å²) < 4.78 is 13.7. The zero-order valence-corrected chi connectivity index (χ0v) is 12.8. The number of aromatic nitrogens is 2. The molecule has 0 bridgehead atoms. The highest BCUT2D eigenvalue weighted by Crippen LogP contribution is 2.15. The van der Waals surface area contributed by atoms with E-state index in [4.69, 9.17) is 0 Å². The Morgan fingerprint density at radius 2 is 2.05 bits per heavy atom. The van der Waals surface area contributed by atoms with Crippen LogP contribution in [0.3, 0.4) is 0 Å². The zero-order valence-electron chi connectivity index (χ0n) is 12.8. The molecular weight excluding hydrogens is 285 g/mol. The number of rotatable bonds is 4. The summed E-state index contributed by atoms with van der Waals surface area (Å²) in [5.41, 5.74) is 1.77. The average molecular weight is 303 g/mol. The molecule has 0 fully saturated rings. The molecule has 22 heavy (non-hydrogen) atoms. The van der Waals surface area contributed by atoms with E-state index in [0.717, 1.165) is 5.56 Å². The SMILES string of the molecule is Cc1ccc(NC(=O)CCc2c(C)nc(C)[nH]c2=O)c(F)c1. The topological polar surface area (TPSA) is 74.8 Å². The van der Waals surface area contributed by atoms with Crippen molar-refractivity contribution in [2.45, 2.75) is 33.6 Å². The van der Waals surface area contributed by atoms with Gasteiger partial charge in [-0.25, -0.2) is 9.37 Å². The smallest absolute Gasteiger partial charge is 0.254 e. The van der Waals surface area contributed by atoms with Gasteiger partial charge in [0.1, 0.15) is 11.6 Å². The van der Waals surface area contributed by atoms with Crippen molar-refractivity contribution in [3.05, 3.63) is 57.0 Å². The summed E-state index contributed by atoms with van der Waals surface area (Å²) in [6, 6.07) is 4.60. The fourth-order valence-electron chi connectivity index (χ4n) is 2.22. The van der Waals surface area contributed by atoms with Gasteiger partial charge in [-0.05, 0) is 44.9 Å². The Morgan fingerprint density at radius 1 is 1.32 bits per heavy atom. The predicted molar refractivity (Wildman–Crippen MR) is 82.4 cm³/mol. The lowest BCUT2D eigenvalue weighted by Crippen LogP contribution is -2.20. The molecule has 0 aliphatic heterocycles. The van der Waals surface area contributed by atoms with Gasteiger partial charge in [0.15, 0.2) is 0 Å². The number of hydrogen-bond acceptors (Lipinski definition) is 3. The number of benzene rings is 1. The third-order valence-electron chi connectivity index (χ3n) is 3.34. The molecule has 0 atom stereocenters. The second kappa shape index (κ2) is 6.51. The molecule has 116 valence electrons. The van der Waals surface area contributed by atoms with Crippen molar-refractivity contribution in [2.24, 2.45) is 0 Å².